The van der Waals surface area contributed by atoms with Crippen molar-refractivity contribution in [3.8, 4) is 5.75 Å². The Morgan fingerprint density at radius 1 is 1.27 bits per heavy atom. The highest BCUT2D eigenvalue weighted by Crippen LogP contribution is 2.15. The van der Waals surface area contributed by atoms with Gasteiger partial charge in [0.1, 0.15) is 5.75 Å². The Hall–Kier alpha value is -1.40. The van der Waals surface area contributed by atoms with Crippen molar-refractivity contribution in [3.05, 3.63) is 29.8 Å². The lowest BCUT2D eigenvalue weighted by molar-refractivity contribution is -0.121. The number of ether oxygens (including phenoxy) is 1. The molecule has 22 heavy (non-hydrogen) atoms. The van der Waals surface area contributed by atoms with E-state index in [-0.39, 0.29) is 30.1 Å². The monoisotopic (exact) mass is 334 g/mol. The van der Waals surface area contributed by atoms with E-state index in [1.165, 1.54) is 12.1 Å². The maximum Gasteiger partial charge on any atom is 0.387 e. The van der Waals surface area contributed by atoms with Gasteiger partial charge in [0.25, 0.3) is 0 Å². The van der Waals surface area contributed by atoms with E-state index in [9.17, 15) is 13.6 Å². The Balaban J connectivity index is 0.00000242. The number of carbonyl (C=O) groups excluding carboxylic acids is 1. The number of aryl methyl sites for hydroxylation is 1. The van der Waals surface area contributed by atoms with Crippen LogP contribution in [0.4, 0.5) is 8.78 Å². The van der Waals surface area contributed by atoms with Crippen LogP contribution in [0.15, 0.2) is 24.3 Å². The van der Waals surface area contributed by atoms with Crippen LogP contribution in [0.5, 0.6) is 5.75 Å². The number of halogens is 3. The first kappa shape index (κ1) is 18.6. The Morgan fingerprint density at radius 2 is 1.91 bits per heavy atom. The van der Waals surface area contributed by atoms with Crippen molar-refractivity contribution in [1.29, 1.82) is 0 Å². The number of carbonyl (C=O) groups is 1. The van der Waals surface area contributed by atoms with Crippen LogP contribution >= 0.6 is 12.4 Å². The molecule has 1 saturated heterocycles. The average Bonchev–Trinajstić information content (AvgIpc) is 2.47. The molecule has 1 aromatic carbocycles. The highest BCUT2D eigenvalue weighted by atomic mass is 35.5. The molecule has 4 nitrogen and oxygen atoms in total. The second-order valence-corrected chi connectivity index (χ2v) is 5.11. The van der Waals surface area contributed by atoms with Crippen molar-refractivity contribution in [2.24, 2.45) is 0 Å². The molecule has 0 aromatic heterocycles. The van der Waals surface area contributed by atoms with E-state index in [2.05, 4.69) is 15.4 Å². The van der Waals surface area contributed by atoms with Gasteiger partial charge in [0.15, 0.2) is 0 Å². The van der Waals surface area contributed by atoms with Gasteiger partial charge in [-0.15, -0.1) is 12.4 Å². The summed E-state index contributed by atoms with van der Waals surface area (Å²) in [5.74, 6) is 0.169. The molecule has 1 fully saturated rings. The fraction of sp³-hybridized carbons (Fsp3) is 0.533. The number of piperidine rings is 1. The lowest BCUT2D eigenvalue weighted by atomic mass is 10.1. The van der Waals surface area contributed by atoms with Gasteiger partial charge in [-0.25, -0.2) is 0 Å². The molecular weight excluding hydrogens is 314 g/mol. The van der Waals surface area contributed by atoms with Gasteiger partial charge in [-0.3, -0.25) is 4.79 Å². The van der Waals surface area contributed by atoms with Crippen molar-refractivity contribution in [3.63, 3.8) is 0 Å². The second kappa shape index (κ2) is 9.58. The number of rotatable bonds is 6. The van der Waals surface area contributed by atoms with Crippen LogP contribution < -0.4 is 15.4 Å². The number of benzene rings is 1. The van der Waals surface area contributed by atoms with Gasteiger partial charge in [0.05, 0.1) is 0 Å². The zero-order valence-electron chi connectivity index (χ0n) is 12.2. The van der Waals surface area contributed by atoms with Gasteiger partial charge >= 0.3 is 6.61 Å². The van der Waals surface area contributed by atoms with Crippen molar-refractivity contribution in [2.45, 2.75) is 38.3 Å². The third-order valence-corrected chi connectivity index (χ3v) is 3.49. The van der Waals surface area contributed by atoms with Crippen molar-refractivity contribution in [2.75, 3.05) is 13.1 Å². The summed E-state index contributed by atoms with van der Waals surface area (Å²) < 4.78 is 28.3. The van der Waals surface area contributed by atoms with Crippen LogP contribution in [-0.2, 0) is 11.2 Å². The van der Waals surface area contributed by atoms with Gasteiger partial charge in [-0.2, -0.15) is 8.78 Å². The quantitative estimate of drug-likeness (QED) is 0.840. The first-order valence-electron chi connectivity index (χ1n) is 7.17. The smallest absolute Gasteiger partial charge is 0.387 e. The Labute approximate surface area is 135 Å². The summed E-state index contributed by atoms with van der Waals surface area (Å²) in [6, 6.07) is 6.66. The number of nitrogens with one attached hydrogen (secondary N) is 2. The van der Waals surface area contributed by atoms with E-state index in [4.69, 9.17) is 0 Å². The SMILES string of the molecule is Cl.O=C(CCc1ccc(OC(F)F)cc1)NC1CCNCC1. The summed E-state index contributed by atoms with van der Waals surface area (Å²) in [6.07, 6.45) is 2.92. The van der Waals surface area contributed by atoms with E-state index in [1.807, 2.05) is 0 Å². The van der Waals surface area contributed by atoms with Crippen LogP contribution in [0.1, 0.15) is 24.8 Å². The fourth-order valence-corrected chi connectivity index (χ4v) is 2.36. The normalized spacial score (nSPS) is 15.2. The zero-order chi connectivity index (χ0) is 15.1. The highest BCUT2D eigenvalue weighted by molar-refractivity contribution is 5.85. The summed E-state index contributed by atoms with van der Waals surface area (Å²) in [5.41, 5.74) is 0.928. The maximum absolute atomic E-state index is 12.0. The third-order valence-electron chi connectivity index (χ3n) is 3.49. The maximum atomic E-state index is 12.0. The molecule has 0 bridgehead atoms. The van der Waals surface area contributed by atoms with Crippen LogP contribution in [0.25, 0.3) is 0 Å². The molecule has 2 rings (SSSR count). The summed E-state index contributed by atoms with van der Waals surface area (Å²) in [6.45, 7) is -0.931. The van der Waals surface area contributed by atoms with E-state index < -0.39 is 6.61 Å². The van der Waals surface area contributed by atoms with Crippen LogP contribution in [-0.4, -0.2) is 31.7 Å². The molecule has 1 aliphatic heterocycles. The van der Waals surface area contributed by atoms with Crippen molar-refractivity contribution in [1.82, 2.24) is 10.6 Å². The minimum Gasteiger partial charge on any atom is -0.435 e. The number of hydrogen-bond acceptors (Lipinski definition) is 3. The lowest BCUT2D eigenvalue weighted by Gasteiger charge is -2.23. The molecule has 1 amide bonds. The van der Waals surface area contributed by atoms with E-state index in [0.29, 0.717) is 12.8 Å². The predicted octanol–water partition coefficient (Wildman–Crippen LogP) is 2.51. The summed E-state index contributed by atoms with van der Waals surface area (Å²) in [7, 11) is 0. The molecule has 1 aliphatic rings. The number of amides is 1. The van der Waals surface area contributed by atoms with Crippen LogP contribution in [0.3, 0.4) is 0 Å². The van der Waals surface area contributed by atoms with E-state index in [0.717, 1.165) is 31.5 Å². The largest absolute Gasteiger partial charge is 0.435 e. The zero-order valence-corrected chi connectivity index (χ0v) is 13.0. The minimum absolute atomic E-state index is 0. The number of alkyl halides is 2. The molecule has 0 spiro atoms. The molecule has 0 saturated carbocycles. The Bertz CT molecular complexity index is 451. The number of hydrogen-bond donors (Lipinski definition) is 2. The van der Waals surface area contributed by atoms with Crippen molar-refractivity contribution >= 4 is 18.3 Å². The first-order valence-corrected chi connectivity index (χ1v) is 7.17. The average molecular weight is 335 g/mol. The minimum atomic E-state index is -2.81. The molecule has 7 heteroatoms. The van der Waals surface area contributed by atoms with Gasteiger partial charge in [-0.05, 0) is 50.0 Å². The Morgan fingerprint density at radius 3 is 2.50 bits per heavy atom. The molecule has 2 N–H and O–H groups in total. The molecule has 0 unspecified atom stereocenters. The molecule has 124 valence electrons. The van der Waals surface area contributed by atoms with Crippen molar-refractivity contribution < 1.29 is 18.3 Å². The topological polar surface area (TPSA) is 50.4 Å². The van der Waals surface area contributed by atoms with E-state index in [1.54, 1.807) is 12.1 Å². The fourth-order valence-electron chi connectivity index (χ4n) is 2.36. The van der Waals surface area contributed by atoms with Crippen LogP contribution in [0.2, 0.25) is 0 Å². The molecule has 0 atom stereocenters. The van der Waals surface area contributed by atoms with Crippen LogP contribution in [0, 0.1) is 0 Å². The second-order valence-electron chi connectivity index (χ2n) is 5.11. The summed E-state index contributed by atoms with van der Waals surface area (Å²) >= 11 is 0. The standard InChI is InChI=1S/C15H20F2N2O2.ClH/c16-15(17)21-13-4-1-11(2-5-13)3-6-14(20)19-12-7-9-18-10-8-12;/h1-2,4-5,12,15,18H,3,6-10H2,(H,19,20);1H. The van der Waals surface area contributed by atoms with Gasteiger partial charge in [-0.1, -0.05) is 12.1 Å². The molecular formula is C15H21ClF2N2O2. The highest BCUT2D eigenvalue weighted by Gasteiger charge is 2.15. The molecule has 1 heterocycles. The lowest BCUT2D eigenvalue weighted by Crippen LogP contribution is -2.42. The summed E-state index contributed by atoms with van der Waals surface area (Å²) in [5, 5.41) is 6.27. The van der Waals surface area contributed by atoms with Gasteiger partial charge < -0.3 is 15.4 Å². The molecule has 0 radical (unpaired) electrons. The molecule has 1 aromatic rings. The first-order chi connectivity index (χ1) is 10.1. The predicted molar refractivity (Wildman–Crippen MR) is 82.7 cm³/mol. The summed E-state index contributed by atoms with van der Waals surface area (Å²) in [4.78, 5) is 11.8. The van der Waals surface area contributed by atoms with Gasteiger partial charge in [0.2, 0.25) is 5.91 Å². The van der Waals surface area contributed by atoms with E-state index >= 15 is 0 Å². The molecule has 0 aliphatic carbocycles. The third kappa shape index (κ3) is 6.58. The van der Waals surface area contributed by atoms with Gasteiger partial charge in [0, 0.05) is 12.5 Å². The Kier molecular flexibility index (Phi) is 8.12.